The van der Waals surface area contributed by atoms with E-state index in [1.165, 1.54) is 4.31 Å². The van der Waals surface area contributed by atoms with Crippen LogP contribution < -0.4 is 14.9 Å². The third kappa shape index (κ3) is 2.64. The Balaban J connectivity index is 1.55. The lowest BCUT2D eigenvalue weighted by Crippen LogP contribution is -2.38. The van der Waals surface area contributed by atoms with Crippen molar-refractivity contribution >= 4 is 38.4 Å². The SMILES string of the molecule is Nc1nc(CN2c3cccc4cccc(c34)S2(=O)=O)nc(N2CCOCC2)n1. The zero-order valence-electron chi connectivity index (χ0n) is 14.9. The average molecular weight is 398 g/mol. The van der Waals surface area contributed by atoms with Crippen molar-refractivity contribution in [2.75, 3.05) is 41.2 Å². The normalized spacial score (nSPS) is 18.0. The molecular formula is C18H18N6O3S. The minimum Gasteiger partial charge on any atom is -0.378 e. The van der Waals surface area contributed by atoms with Crippen molar-refractivity contribution in [3.8, 4) is 0 Å². The summed E-state index contributed by atoms with van der Waals surface area (Å²) in [5.74, 6) is 0.819. The summed E-state index contributed by atoms with van der Waals surface area (Å²) in [4.78, 5) is 15.1. The van der Waals surface area contributed by atoms with E-state index in [9.17, 15) is 8.42 Å². The largest absolute Gasteiger partial charge is 0.378 e. The zero-order valence-corrected chi connectivity index (χ0v) is 15.8. The first-order valence-corrected chi connectivity index (χ1v) is 10.4. The van der Waals surface area contributed by atoms with Crippen molar-refractivity contribution < 1.29 is 13.2 Å². The van der Waals surface area contributed by atoms with E-state index in [0.717, 1.165) is 10.8 Å². The Morgan fingerprint density at radius 1 is 1.04 bits per heavy atom. The zero-order chi connectivity index (χ0) is 19.3. The molecular weight excluding hydrogens is 380 g/mol. The maximum atomic E-state index is 13.1. The maximum absolute atomic E-state index is 13.1. The van der Waals surface area contributed by atoms with Gasteiger partial charge in [0.2, 0.25) is 11.9 Å². The summed E-state index contributed by atoms with van der Waals surface area (Å²) in [7, 11) is -3.69. The van der Waals surface area contributed by atoms with E-state index in [2.05, 4.69) is 15.0 Å². The lowest BCUT2D eigenvalue weighted by Gasteiger charge is -2.27. The molecule has 0 saturated carbocycles. The van der Waals surface area contributed by atoms with E-state index in [1.807, 2.05) is 23.1 Å². The molecule has 2 aliphatic rings. The second-order valence-electron chi connectivity index (χ2n) is 6.65. The highest BCUT2D eigenvalue weighted by Gasteiger charge is 2.36. The molecule has 0 amide bonds. The summed E-state index contributed by atoms with van der Waals surface area (Å²) in [5.41, 5.74) is 6.51. The predicted octanol–water partition coefficient (Wildman–Crippen LogP) is 1.15. The fraction of sp³-hybridized carbons (Fsp3) is 0.278. The lowest BCUT2D eigenvalue weighted by atomic mass is 10.1. The number of nitrogens with zero attached hydrogens (tertiary/aromatic N) is 5. The number of rotatable bonds is 3. The molecule has 2 aliphatic heterocycles. The third-order valence-corrected chi connectivity index (χ3v) is 6.75. The van der Waals surface area contributed by atoms with E-state index in [-0.39, 0.29) is 12.5 Å². The van der Waals surface area contributed by atoms with Crippen molar-refractivity contribution in [2.45, 2.75) is 11.4 Å². The molecule has 0 bridgehead atoms. The van der Waals surface area contributed by atoms with Gasteiger partial charge >= 0.3 is 0 Å². The van der Waals surface area contributed by atoms with Crippen LogP contribution in [0.2, 0.25) is 0 Å². The molecule has 10 heteroatoms. The van der Waals surface area contributed by atoms with Crippen molar-refractivity contribution in [3.05, 3.63) is 42.2 Å². The van der Waals surface area contributed by atoms with Gasteiger partial charge in [0.1, 0.15) is 0 Å². The molecule has 2 aromatic carbocycles. The summed E-state index contributed by atoms with van der Waals surface area (Å²) in [5, 5.41) is 1.60. The molecule has 1 aromatic heterocycles. The topological polar surface area (TPSA) is 115 Å². The van der Waals surface area contributed by atoms with Crippen LogP contribution in [-0.2, 0) is 21.3 Å². The smallest absolute Gasteiger partial charge is 0.265 e. The van der Waals surface area contributed by atoms with Gasteiger partial charge in [-0.2, -0.15) is 15.0 Å². The highest BCUT2D eigenvalue weighted by Crippen LogP contribution is 2.42. The summed E-state index contributed by atoms with van der Waals surface area (Å²) >= 11 is 0. The van der Waals surface area contributed by atoms with Gasteiger partial charge in [0, 0.05) is 18.5 Å². The predicted molar refractivity (Wildman–Crippen MR) is 105 cm³/mol. The minimum atomic E-state index is -3.69. The second-order valence-corrected chi connectivity index (χ2v) is 8.48. The highest BCUT2D eigenvalue weighted by molar-refractivity contribution is 7.93. The molecule has 2 N–H and O–H groups in total. The van der Waals surface area contributed by atoms with Crippen molar-refractivity contribution in [1.29, 1.82) is 0 Å². The Morgan fingerprint density at radius 2 is 1.79 bits per heavy atom. The standard InChI is InChI=1S/C18H18N6O3S/c19-17-20-15(21-18(22-17)23-7-9-27-10-8-23)11-24-13-5-1-3-12-4-2-6-14(16(12)13)28(24,25)26/h1-6H,7-11H2,(H2,19,20,21,22). The van der Waals surface area contributed by atoms with Crippen molar-refractivity contribution in [3.63, 3.8) is 0 Å². The van der Waals surface area contributed by atoms with Gasteiger partial charge in [-0.1, -0.05) is 24.3 Å². The van der Waals surface area contributed by atoms with Crippen molar-refractivity contribution in [1.82, 2.24) is 15.0 Å². The number of sulfonamides is 1. The van der Waals surface area contributed by atoms with E-state index < -0.39 is 10.0 Å². The number of hydrogen-bond acceptors (Lipinski definition) is 8. The van der Waals surface area contributed by atoms with Gasteiger partial charge in [0.05, 0.1) is 30.3 Å². The van der Waals surface area contributed by atoms with Crippen LogP contribution in [0.25, 0.3) is 10.8 Å². The summed E-state index contributed by atoms with van der Waals surface area (Å²) in [6, 6.07) is 10.8. The Hall–Kier alpha value is -2.98. The van der Waals surface area contributed by atoms with Crippen molar-refractivity contribution in [2.24, 2.45) is 0 Å². The number of hydrogen-bond donors (Lipinski definition) is 1. The second kappa shape index (κ2) is 6.28. The first-order valence-electron chi connectivity index (χ1n) is 8.92. The fourth-order valence-electron chi connectivity index (χ4n) is 3.66. The van der Waals surface area contributed by atoms with E-state index in [0.29, 0.717) is 48.7 Å². The Kier molecular flexibility index (Phi) is 3.84. The Morgan fingerprint density at radius 3 is 2.57 bits per heavy atom. The van der Waals surface area contributed by atoms with Crippen LogP contribution in [0.15, 0.2) is 41.3 Å². The van der Waals surface area contributed by atoms with Gasteiger partial charge in [-0.05, 0) is 17.5 Å². The minimum absolute atomic E-state index is 0.0137. The Bertz CT molecular complexity index is 1170. The highest BCUT2D eigenvalue weighted by atomic mass is 32.2. The molecule has 5 rings (SSSR count). The van der Waals surface area contributed by atoms with Crippen LogP contribution >= 0.6 is 0 Å². The first-order chi connectivity index (χ1) is 13.5. The summed E-state index contributed by atoms with van der Waals surface area (Å²) in [6.45, 7) is 2.45. The Labute approximate surface area is 161 Å². The number of aromatic nitrogens is 3. The molecule has 1 saturated heterocycles. The van der Waals surface area contributed by atoms with Gasteiger partial charge < -0.3 is 15.4 Å². The molecule has 0 unspecified atom stereocenters. The quantitative estimate of drug-likeness (QED) is 0.699. The third-order valence-electron chi connectivity index (χ3n) is 4.95. The summed E-state index contributed by atoms with van der Waals surface area (Å²) in [6.07, 6.45) is 0. The lowest BCUT2D eigenvalue weighted by molar-refractivity contribution is 0.122. The number of nitrogens with two attached hydrogens (primary N) is 1. The van der Waals surface area contributed by atoms with Gasteiger partial charge in [-0.25, -0.2) is 8.42 Å². The van der Waals surface area contributed by atoms with Gasteiger partial charge in [-0.3, -0.25) is 4.31 Å². The fourth-order valence-corrected chi connectivity index (χ4v) is 5.32. The molecule has 1 fully saturated rings. The number of anilines is 3. The van der Waals surface area contributed by atoms with Crippen LogP contribution in [0, 0.1) is 0 Å². The van der Waals surface area contributed by atoms with E-state index in [4.69, 9.17) is 10.5 Å². The molecule has 0 aliphatic carbocycles. The first kappa shape index (κ1) is 17.1. The van der Waals surface area contributed by atoms with E-state index in [1.54, 1.807) is 18.2 Å². The molecule has 3 aromatic rings. The molecule has 0 atom stereocenters. The average Bonchev–Trinajstić information content (AvgIpc) is 2.92. The molecule has 9 nitrogen and oxygen atoms in total. The number of morpholine rings is 1. The maximum Gasteiger partial charge on any atom is 0.265 e. The van der Waals surface area contributed by atoms with Crippen LogP contribution in [0.4, 0.5) is 17.6 Å². The summed E-state index contributed by atoms with van der Waals surface area (Å²) < 4.78 is 33.0. The van der Waals surface area contributed by atoms with Gasteiger partial charge in [-0.15, -0.1) is 0 Å². The number of nitrogen functional groups attached to an aromatic ring is 1. The molecule has 28 heavy (non-hydrogen) atoms. The van der Waals surface area contributed by atoms with Crippen LogP contribution in [0.5, 0.6) is 0 Å². The van der Waals surface area contributed by atoms with Crippen LogP contribution in [-0.4, -0.2) is 49.7 Å². The van der Waals surface area contributed by atoms with Crippen LogP contribution in [0.3, 0.4) is 0 Å². The molecule has 0 spiro atoms. The van der Waals surface area contributed by atoms with Gasteiger partial charge in [0.15, 0.2) is 5.82 Å². The molecule has 3 heterocycles. The monoisotopic (exact) mass is 398 g/mol. The van der Waals surface area contributed by atoms with Gasteiger partial charge in [0.25, 0.3) is 10.0 Å². The van der Waals surface area contributed by atoms with Crippen LogP contribution in [0.1, 0.15) is 5.82 Å². The molecule has 144 valence electrons. The molecule has 0 radical (unpaired) electrons. The number of benzene rings is 2. The number of ether oxygens (including phenoxy) is 1. The van der Waals surface area contributed by atoms with E-state index >= 15 is 0 Å².